The van der Waals surface area contributed by atoms with Crippen molar-refractivity contribution < 1.29 is 14.3 Å². The summed E-state index contributed by atoms with van der Waals surface area (Å²) >= 11 is 0. The van der Waals surface area contributed by atoms with Crippen molar-refractivity contribution >= 4 is 24.2 Å². The molecule has 1 aliphatic heterocycles. The molecule has 158 valence electrons. The van der Waals surface area contributed by atoms with Gasteiger partial charge in [0, 0.05) is 44.6 Å². The number of halogens is 1. The average Bonchev–Trinajstić information content (AvgIpc) is 2.68. The van der Waals surface area contributed by atoms with Crippen molar-refractivity contribution in [2.75, 3.05) is 26.2 Å². The number of piperidine rings is 1. The molecule has 2 rings (SSSR count). The molecule has 0 saturated carbocycles. The maximum atomic E-state index is 12.5. The Morgan fingerprint density at radius 2 is 1.86 bits per heavy atom. The largest absolute Gasteiger partial charge is 0.379 e. The van der Waals surface area contributed by atoms with Crippen molar-refractivity contribution in [3.63, 3.8) is 0 Å². The van der Waals surface area contributed by atoms with Crippen molar-refractivity contribution in [1.29, 1.82) is 0 Å². The number of nitrogens with two attached hydrogens (primary N) is 1. The van der Waals surface area contributed by atoms with Crippen LogP contribution in [-0.2, 0) is 14.3 Å². The van der Waals surface area contributed by atoms with Crippen LogP contribution in [0.3, 0.4) is 0 Å². The van der Waals surface area contributed by atoms with E-state index in [1.54, 1.807) is 0 Å². The molecule has 6 nitrogen and oxygen atoms in total. The second kappa shape index (κ2) is 12.8. The van der Waals surface area contributed by atoms with E-state index in [4.69, 9.17) is 10.5 Å². The van der Waals surface area contributed by atoms with Gasteiger partial charge in [0.1, 0.15) is 0 Å². The van der Waals surface area contributed by atoms with Crippen molar-refractivity contribution in [3.8, 4) is 0 Å². The van der Waals surface area contributed by atoms with E-state index in [9.17, 15) is 9.59 Å². The Labute approximate surface area is 174 Å². The lowest BCUT2D eigenvalue weighted by molar-refractivity contribution is -0.136. The number of nitrogens with zero attached hydrogens (tertiary/aromatic N) is 1. The Balaban J connectivity index is 0.00000392. The number of likely N-dealkylation sites (tertiary alicyclic amines) is 1. The fraction of sp³-hybridized carbons (Fsp3) is 0.619. The first kappa shape index (κ1) is 24.4. The average molecular weight is 412 g/mol. The van der Waals surface area contributed by atoms with Gasteiger partial charge in [-0.3, -0.25) is 9.59 Å². The standard InChI is InChI=1S/C21H33N3O3.ClH/c1-16(2)27-14-6-11-23-21(26)18-9-12-24(13-10-18)20(25)15-19(22)17-7-4-3-5-8-17;/h3-5,7-8,16,18-19H,6,9-15,22H2,1-2H3,(H,23,26);1H. The van der Waals surface area contributed by atoms with Crippen LogP contribution in [0, 0.1) is 5.92 Å². The third kappa shape index (κ3) is 8.17. The summed E-state index contributed by atoms with van der Waals surface area (Å²) in [6.07, 6.45) is 2.76. The van der Waals surface area contributed by atoms with Gasteiger partial charge in [-0.15, -0.1) is 12.4 Å². The second-order valence-corrected chi connectivity index (χ2v) is 7.44. The third-order valence-electron chi connectivity index (χ3n) is 4.91. The molecule has 1 saturated heterocycles. The Morgan fingerprint density at radius 1 is 1.21 bits per heavy atom. The summed E-state index contributed by atoms with van der Waals surface area (Å²) in [5, 5.41) is 2.98. The second-order valence-electron chi connectivity index (χ2n) is 7.44. The topological polar surface area (TPSA) is 84.7 Å². The zero-order valence-corrected chi connectivity index (χ0v) is 17.7. The minimum atomic E-state index is -0.284. The number of carbonyl (C=O) groups is 2. The van der Waals surface area contributed by atoms with Gasteiger partial charge >= 0.3 is 0 Å². The molecule has 1 heterocycles. The number of ether oxygens (including phenoxy) is 1. The predicted octanol–water partition coefficient (Wildman–Crippen LogP) is 2.67. The van der Waals surface area contributed by atoms with Crippen molar-refractivity contribution in [2.24, 2.45) is 11.7 Å². The lowest BCUT2D eigenvalue weighted by Crippen LogP contribution is -2.43. The molecule has 0 bridgehead atoms. The van der Waals surface area contributed by atoms with Crippen LogP contribution in [0.25, 0.3) is 0 Å². The van der Waals surface area contributed by atoms with E-state index in [1.807, 2.05) is 49.1 Å². The first-order chi connectivity index (χ1) is 13.0. The van der Waals surface area contributed by atoms with Gasteiger partial charge in [-0.25, -0.2) is 0 Å². The monoisotopic (exact) mass is 411 g/mol. The number of hydrogen-bond donors (Lipinski definition) is 2. The Kier molecular flexibility index (Phi) is 11.1. The molecule has 0 aliphatic carbocycles. The number of benzene rings is 1. The van der Waals surface area contributed by atoms with Crippen LogP contribution in [0.4, 0.5) is 0 Å². The molecule has 1 aliphatic rings. The highest BCUT2D eigenvalue weighted by atomic mass is 35.5. The highest BCUT2D eigenvalue weighted by Gasteiger charge is 2.27. The number of rotatable bonds is 9. The van der Waals surface area contributed by atoms with Crippen LogP contribution in [0.2, 0.25) is 0 Å². The number of nitrogens with one attached hydrogen (secondary N) is 1. The number of hydrogen-bond acceptors (Lipinski definition) is 4. The minimum absolute atomic E-state index is 0. The Hall–Kier alpha value is -1.63. The van der Waals surface area contributed by atoms with Crippen LogP contribution in [0.1, 0.15) is 51.1 Å². The molecular formula is C21H34ClN3O3. The smallest absolute Gasteiger partial charge is 0.224 e. The van der Waals surface area contributed by atoms with Crippen molar-refractivity contribution in [3.05, 3.63) is 35.9 Å². The zero-order valence-electron chi connectivity index (χ0n) is 16.9. The van der Waals surface area contributed by atoms with Crippen LogP contribution in [-0.4, -0.2) is 49.1 Å². The van der Waals surface area contributed by atoms with Crippen LogP contribution in [0.15, 0.2) is 30.3 Å². The predicted molar refractivity (Wildman–Crippen MR) is 113 cm³/mol. The molecule has 1 atom stereocenters. The molecule has 1 fully saturated rings. The number of carbonyl (C=O) groups excluding carboxylic acids is 2. The van der Waals surface area contributed by atoms with Gasteiger partial charge in [-0.1, -0.05) is 30.3 Å². The van der Waals surface area contributed by atoms with E-state index in [0.29, 0.717) is 45.5 Å². The summed E-state index contributed by atoms with van der Waals surface area (Å²) in [6.45, 7) is 6.54. The van der Waals surface area contributed by atoms with Crippen molar-refractivity contribution in [1.82, 2.24) is 10.2 Å². The van der Waals surface area contributed by atoms with Gasteiger partial charge in [-0.2, -0.15) is 0 Å². The van der Waals surface area contributed by atoms with Gasteiger partial charge < -0.3 is 20.7 Å². The molecule has 28 heavy (non-hydrogen) atoms. The SMILES string of the molecule is CC(C)OCCCNC(=O)C1CCN(C(=O)CC(N)c2ccccc2)CC1.Cl. The van der Waals surface area contributed by atoms with Crippen LogP contribution >= 0.6 is 12.4 Å². The van der Waals surface area contributed by atoms with E-state index < -0.39 is 0 Å². The van der Waals surface area contributed by atoms with Crippen molar-refractivity contribution in [2.45, 2.75) is 51.7 Å². The summed E-state index contributed by atoms with van der Waals surface area (Å²) in [5.41, 5.74) is 7.13. The van der Waals surface area contributed by atoms with Crippen LogP contribution in [0.5, 0.6) is 0 Å². The summed E-state index contributed by atoms with van der Waals surface area (Å²) in [6, 6.07) is 9.40. The van der Waals surface area contributed by atoms with E-state index >= 15 is 0 Å². The van der Waals surface area contributed by atoms with E-state index in [1.165, 1.54) is 0 Å². The lowest BCUT2D eigenvalue weighted by Gasteiger charge is -2.32. The van der Waals surface area contributed by atoms with Gasteiger partial charge in [0.05, 0.1) is 6.10 Å². The summed E-state index contributed by atoms with van der Waals surface area (Å²) in [4.78, 5) is 26.6. The number of amides is 2. The van der Waals surface area contributed by atoms with E-state index in [0.717, 1.165) is 12.0 Å². The fourth-order valence-electron chi connectivity index (χ4n) is 3.27. The Bertz CT molecular complexity index is 590. The molecule has 0 radical (unpaired) electrons. The highest BCUT2D eigenvalue weighted by Crippen LogP contribution is 2.20. The molecule has 3 N–H and O–H groups in total. The Morgan fingerprint density at radius 3 is 2.46 bits per heavy atom. The van der Waals surface area contributed by atoms with Gasteiger partial charge in [0.2, 0.25) is 11.8 Å². The molecule has 1 unspecified atom stereocenters. The van der Waals surface area contributed by atoms with E-state index in [2.05, 4.69) is 5.32 Å². The van der Waals surface area contributed by atoms with Crippen LogP contribution < -0.4 is 11.1 Å². The van der Waals surface area contributed by atoms with Gasteiger partial charge in [0.15, 0.2) is 0 Å². The quantitative estimate of drug-likeness (QED) is 0.612. The normalized spacial score (nSPS) is 15.8. The zero-order chi connectivity index (χ0) is 19.6. The maximum absolute atomic E-state index is 12.5. The maximum Gasteiger partial charge on any atom is 0.224 e. The summed E-state index contributed by atoms with van der Waals surface area (Å²) < 4.78 is 5.47. The molecule has 0 aromatic heterocycles. The van der Waals surface area contributed by atoms with Gasteiger partial charge in [-0.05, 0) is 38.7 Å². The molecule has 1 aromatic carbocycles. The fourth-order valence-corrected chi connectivity index (χ4v) is 3.27. The van der Waals surface area contributed by atoms with Gasteiger partial charge in [0.25, 0.3) is 0 Å². The lowest BCUT2D eigenvalue weighted by atomic mass is 9.95. The minimum Gasteiger partial charge on any atom is -0.379 e. The molecule has 1 aromatic rings. The molecular weight excluding hydrogens is 378 g/mol. The molecule has 2 amide bonds. The molecule has 7 heteroatoms. The van der Waals surface area contributed by atoms with E-state index in [-0.39, 0.29) is 42.3 Å². The summed E-state index contributed by atoms with van der Waals surface area (Å²) in [5.74, 6) is 0.145. The first-order valence-corrected chi connectivity index (χ1v) is 9.95. The third-order valence-corrected chi connectivity index (χ3v) is 4.91. The summed E-state index contributed by atoms with van der Waals surface area (Å²) in [7, 11) is 0. The molecule has 0 spiro atoms. The highest BCUT2D eigenvalue weighted by molar-refractivity contribution is 5.85. The first-order valence-electron chi connectivity index (χ1n) is 9.95.